The van der Waals surface area contributed by atoms with Gasteiger partial charge in [0.05, 0.1) is 31.9 Å². The van der Waals surface area contributed by atoms with Crippen LogP contribution < -0.4 is 20.1 Å². The van der Waals surface area contributed by atoms with Crippen molar-refractivity contribution in [3.05, 3.63) is 36.3 Å². The lowest BCUT2D eigenvalue weighted by Crippen LogP contribution is -2.18. The molecule has 1 aromatic carbocycles. The number of hydrogen-bond donors (Lipinski definition) is 2. The second-order valence-electron chi connectivity index (χ2n) is 5.33. The molecule has 0 bridgehead atoms. The van der Waals surface area contributed by atoms with Crippen molar-refractivity contribution in [2.75, 3.05) is 24.9 Å². The number of furan rings is 1. The van der Waals surface area contributed by atoms with Crippen LogP contribution in [0.5, 0.6) is 11.5 Å². The van der Waals surface area contributed by atoms with Crippen molar-refractivity contribution >= 4 is 23.2 Å². The summed E-state index contributed by atoms with van der Waals surface area (Å²) >= 11 is 0. The zero-order valence-corrected chi connectivity index (χ0v) is 14.0. The Labute approximate surface area is 139 Å². The molecule has 0 aliphatic carbocycles. The van der Waals surface area contributed by atoms with Crippen LogP contribution in [0.15, 0.2) is 34.9 Å². The van der Waals surface area contributed by atoms with Gasteiger partial charge >= 0.3 is 0 Å². The maximum atomic E-state index is 12.1. The fraction of sp³-hybridized carbons (Fsp3) is 0.294. The summed E-state index contributed by atoms with van der Waals surface area (Å²) in [5, 5.41) is 5.46. The minimum atomic E-state index is -0.417. The molecular formula is C17H20N2O5. The number of anilines is 2. The Morgan fingerprint density at radius 1 is 1.04 bits per heavy atom. The standard InChI is InChI=1S/C17H20N2O5/c1-10(2)16(20)18-11-8-15(23-4)12(9-14(11)22-3)19-17(21)13-6-5-7-24-13/h5-10H,1-4H3,(H,18,20)(H,19,21). The summed E-state index contributed by atoms with van der Waals surface area (Å²) in [6.45, 7) is 3.58. The molecule has 24 heavy (non-hydrogen) atoms. The Morgan fingerprint density at radius 3 is 2.08 bits per heavy atom. The molecule has 0 atom stereocenters. The van der Waals surface area contributed by atoms with Gasteiger partial charge < -0.3 is 24.5 Å². The van der Waals surface area contributed by atoms with Crippen LogP contribution in [0.4, 0.5) is 11.4 Å². The normalized spacial score (nSPS) is 10.4. The van der Waals surface area contributed by atoms with Crippen LogP contribution >= 0.6 is 0 Å². The molecule has 7 nitrogen and oxygen atoms in total. The summed E-state index contributed by atoms with van der Waals surface area (Å²) in [5.74, 6) is 0.212. The monoisotopic (exact) mass is 332 g/mol. The molecule has 0 aliphatic rings. The lowest BCUT2D eigenvalue weighted by atomic mass is 10.2. The van der Waals surface area contributed by atoms with Crippen LogP contribution in [0, 0.1) is 5.92 Å². The van der Waals surface area contributed by atoms with Crippen molar-refractivity contribution in [2.45, 2.75) is 13.8 Å². The molecule has 2 amide bonds. The van der Waals surface area contributed by atoms with Gasteiger partial charge in [-0.3, -0.25) is 9.59 Å². The second kappa shape index (κ2) is 7.54. The van der Waals surface area contributed by atoms with Crippen LogP contribution in [0.2, 0.25) is 0 Å². The third kappa shape index (κ3) is 3.87. The molecule has 0 radical (unpaired) electrons. The fourth-order valence-electron chi connectivity index (χ4n) is 1.96. The van der Waals surface area contributed by atoms with E-state index in [2.05, 4.69) is 10.6 Å². The molecular weight excluding hydrogens is 312 g/mol. The third-order valence-corrected chi connectivity index (χ3v) is 3.30. The summed E-state index contributed by atoms with van der Waals surface area (Å²) in [6, 6.07) is 6.35. The first kappa shape index (κ1) is 17.4. The molecule has 128 valence electrons. The van der Waals surface area contributed by atoms with Crippen LogP contribution in [0.3, 0.4) is 0 Å². The van der Waals surface area contributed by atoms with E-state index in [1.54, 1.807) is 38.1 Å². The molecule has 0 spiro atoms. The molecule has 2 rings (SSSR count). The van der Waals surface area contributed by atoms with Gasteiger partial charge in [0.25, 0.3) is 5.91 Å². The Bertz CT molecular complexity index is 723. The topological polar surface area (TPSA) is 89.8 Å². The van der Waals surface area contributed by atoms with Gasteiger partial charge in [0.1, 0.15) is 11.5 Å². The van der Waals surface area contributed by atoms with Crippen LogP contribution in [-0.2, 0) is 4.79 Å². The van der Waals surface area contributed by atoms with Crippen LogP contribution in [-0.4, -0.2) is 26.0 Å². The van der Waals surface area contributed by atoms with E-state index in [0.717, 1.165) is 0 Å². The van der Waals surface area contributed by atoms with Gasteiger partial charge in [-0.2, -0.15) is 0 Å². The summed E-state index contributed by atoms with van der Waals surface area (Å²) in [4.78, 5) is 24.0. The third-order valence-electron chi connectivity index (χ3n) is 3.30. The number of carbonyl (C=O) groups is 2. The highest BCUT2D eigenvalue weighted by Gasteiger charge is 2.17. The van der Waals surface area contributed by atoms with Crippen molar-refractivity contribution < 1.29 is 23.5 Å². The molecule has 2 N–H and O–H groups in total. The lowest BCUT2D eigenvalue weighted by molar-refractivity contribution is -0.118. The number of carbonyl (C=O) groups excluding carboxylic acids is 2. The van der Waals surface area contributed by atoms with Gasteiger partial charge in [-0.05, 0) is 12.1 Å². The number of benzene rings is 1. The first-order valence-electron chi connectivity index (χ1n) is 7.38. The predicted octanol–water partition coefficient (Wildman–Crippen LogP) is 3.14. The average Bonchev–Trinajstić information content (AvgIpc) is 3.10. The maximum Gasteiger partial charge on any atom is 0.291 e. The predicted molar refractivity (Wildman–Crippen MR) is 89.7 cm³/mol. The number of nitrogens with one attached hydrogen (secondary N) is 2. The van der Waals surface area contributed by atoms with E-state index >= 15 is 0 Å². The highest BCUT2D eigenvalue weighted by Crippen LogP contribution is 2.36. The first-order valence-corrected chi connectivity index (χ1v) is 7.38. The second-order valence-corrected chi connectivity index (χ2v) is 5.33. The van der Waals surface area contributed by atoms with Gasteiger partial charge in [-0.15, -0.1) is 0 Å². The Morgan fingerprint density at radius 2 is 1.62 bits per heavy atom. The highest BCUT2D eigenvalue weighted by atomic mass is 16.5. The Kier molecular flexibility index (Phi) is 5.47. The number of ether oxygens (including phenoxy) is 2. The van der Waals surface area contributed by atoms with Crippen molar-refractivity contribution in [1.29, 1.82) is 0 Å². The van der Waals surface area contributed by atoms with E-state index in [4.69, 9.17) is 13.9 Å². The minimum absolute atomic E-state index is 0.150. The van der Waals surface area contributed by atoms with E-state index < -0.39 is 5.91 Å². The Balaban J connectivity index is 2.32. The van der Waals surface area contributed by atoms with E-state index in [-0.39, 0.29) is 17.6 Å². The smallest absolute Gasteiger partial charge is 0.291 e. The van der Waals surface area contributed by atoms with Crippen molar-refractivity contribution in [1.82, 2.24) is 0 Å². The molecule has 1 aromatic heterocycles. The molecule has 2 aromatic rings. The van der Waals surface area contributed by atoms with Gasteiger partial charge in [0.15, 0.2) is 5.76 Å². The summed E-state index contributed by atoms with van der Waals surface area (Å²) < 4.78 is 15.6. The first-order chi connectivity index (χ1) is 11.5. The van der Waals surface area contributed by atoms with Gasteiger partial charge in [0.2, 0.25) is 5.91 Å². The number of rotatable bonds is 6. The van der Waals surface area contributed by atoms with E-state index in [0.29, 0.717) is 22.9 Å². The maximum absolute atomic E-state index is 12.1. The fourth-order valence-corrected chi connectivity index (χ4v) is 1.96. The van der Waals surface area contributed by atoms with Crippen molar-refractivity contribution in [2.24, 2.45) is 5.92 Å². The van der Waals surface area contributed by atoms with E-state index in [1.165, 1.54) is 20.5 Å². The molecule has 7 heteroatoms. The molecule has 0 unspecified atom stereocenters. The number of amides is 2. The van der Waals surface area contributed by atoms with E-state index in [1.807, 2.05) is 0 Å². The van der Waals surface area contributed by atoms with Crippen LogP contribution in [0.1, 0.15) is 24.4 Å². The lowest BCUT2D eigenvalue weighted by Gasteiger charge is -2.16. The number of hydrogen-bond acceptors (Lipinski definition) is 5. The van der Waals surface area contributed by atoms with E-state index in [9.17, 15) is 9.59 Å². The molecule has 0 aliphatic heterocycles. The zero-order valence-electron chi connectivity index (χ0n) is 14.0. The molecule has 0 fully saturated rings. The SMILES string of the molecule is COc1cc(NC(=O)C(C)C)c(OC)cc1NC(=O)c1ccco1. The minimum Gasteiger partial charge on any atom is -0.494 e. The van der Waals surface area contributed by atoms with Gasteiger partial charge in [-0.25, -0.2) is 0 Å². The van der Waals surface area contributed by atoms with Crippen molar-refractivity contribution in [3.63, 3.8) is 0 Å². The summed E-state index contributed by atoms with van der Waals surface area (Å²) in [7, 11) is 2.95. The van der Waals surface area contributed by atoms with Crippen molar-refractivity contribution in [3.8, 4) is 11.5 Å². The van der Waals surface area contributed by atoms with Gasteiger partial charge in [0, 0.05) is 18.1 Å². The number of methoxy groups -OCH3 is 2. The molecule has 0 saturated carbocycles. The summed E-state index contributed by atoms with van der Waals surface area (Å²) in [6.07, 6.45) is 1.41. The Hall–Kier alpha value is -2.96. The molecule has 0 saturated heterocycles. The summed E-state index contributed by atoms with van der Waals surface area (Å²) in [5.41, 5.74) is 0.863. The quantitative estimate of drug-likeness (QED) is 0.848. The largest absolute Gasteiger partial charge is 0.494 e. The van der Waals surface area contributed by atoms with Crippen LogP contribution in [0.25, 0.3) is 0 Å². The molecule has 1 heterocycles. The van der Waals surface area contributed by atoms with Gasteiger partial charge in [-0.1, -0.05) is 13.8 Å². The highest BCUT2D eigenvalue weighted by molar-refractivity contribution is 6.04. The average molecular weight is 332 g/mol. The zero-order chi connectivity index (χ0) is 17.7.